The molecule has 1 aromatic carbocycles. The van der Waals surface area contributed by atoms with E-state index < -0.39 is 5.97 Å². The number of hydrogen-bond acceptors (Lipinski definition) is 3. The summed E-state index contributed by atoms with van der Waals surface area (Å²) in [6.07, 6.45) is 1.56. The minimum Gasteiger partial charge on any atom is -0.481 e. The van der Waals surface area contributed by atoms with E-state index in [1.54, 1.807) is 23.1 Å². The molecule has 5 nitrogen and oxygen atoms in total. The van der Waals surface area contributed by atoms with Crippen LogP contribution in [0.5, 0.6) is 0 Å². The molecule has 3 N–H and O–H groups in total. The quantitative estimate of drug-likeness (QED) is 0.833. The molecular formula is C13H15BrN2O3. The molecule has 1 fully saturated rings. The predicted molar refractivity (Wildman–Crippen MR) is 74.9 cm³/mol. The molecule has 1 aliphatic rings. The minimum atomic E-state index is -0.878. The minimum absolute atomic E-state index is 0.00826. The van der Waals surface area contributed by atoms with E-state index in [9.17, 15) is 9.59 Å². The molecule has 1 aliphatic heterocycles. The Labute approximate surface area is 119 Å². The normalized spacial score (nSPS) is 18.6. The van der Waals surface area contributed by atoms with Gasteiger partial charge in [-0.2, -0.15) is 0 Å². The van der Waals surface area contributed by atoms with Crippen molar-refractivity contribution in [2.45, 2.75) is 25.3 Å². The van der Waals surface area contributed by atoms with Crippen LogP contribution >= 0.6 is 15.9 Å². The number of carboxylic acid groups (broad SMARTS) is 1. The third-order valence-corrected chi connectivity index (χ3v) is 3.96. The Bertz CT molecular complexity index is 519. The van der Waals surface area contributed by atoms with Crippen LogP contribution in [0.4, 0.5) is 5.69 Å². The molecule has 0 saturated carbocycles. The van der Waals surface area contributed by atoms with Gasteiger partial charge < -0.3 is 15.7 Å². The first kappa shape index (κ1) is 13.9. The van der Waals surface area contributed by atoms with Crippen molar-refractivity contribution in [3.63, 3.8) is 0 Å². The number of carbonyl (C=O) groups is 2. The number of nitrogen functional groups attached to an aromatic ring is 1. The lowest BCUT2D eigenvalue weighted by Gasteiger charge is -2.24. The third-order valence-electron chi connectivity index (χ3n) is 3.27. The van der Waals surface area contributed by atoms with Gasteiger partial charge in [0.15, 0.2) is 0 Å². The summed E-state index contributed by atoms with van der Waals surface area (Å²) in [4.78, 5) is 24.9. The summed E-state index contributed by atoms with van der Waals surface area (Å²) >= 11 is 3.33. The highest BCUT2D eigenvalue weighted by Gasteiger charge is 2.31. The van der Waals surface area contributed by atoms with Crippen LogP contribution in [0.15, 0.2) is 22.7 Å². The molecule has 1 amide bonds. The number of carboxylic acids is 1. The predicted octanol–water partition coefficient (Wildman–Crippen LogP) is 2.11. The fourth-order valence-electron chi connectivity index (χ4n) is 2.38. The standard InChI is InChI=1S/C13H15BrN2O3/c14-11-4-3-8(15)6-10(11)13(19)16-5-1-2-9(16)7-12(17)18/h3-4,6,9H,1-2,5,7,15H2,(H,17,18). The molecule has 1 heterocycles. The van der Waals surface area contributed by atoms with Crippen LogP contribution in [-0.2, 0) is 4.79 Å². The topological polar surface area (TPSA) is 83.6 Å². The first-order chi connectivity index (χ1) is 8.99. The van der Waals surface area contributed by atoms with Crippen LogP contribution in [0.1, 0.15) is 29.6 Å². The van der Waals surface area contributed by atoms with Crippen LogP contribution < -0.4 is 5.73 Å². The van der Waals surface area contributed by atoms with Crippen molar-refractivity contribution in [1.29, 1.82) is 0 Å². The zero-order valence-electron chi connectivity index (χ0n) is 10.3. The molecular weight excluding hydrogens is 312 g/mol. The SMILES string of the molecule is Nc1ccc(Br)c(C(=O)N2CCCC2CC(=O)O)c1. The number of nitrogens with zero attached hydrogens (tertiary/aromatic N) is 1. The Morgan fingerprint density at radius 3 is 2.89 bits per heavy atom. The lowest BCUT2D eigenvalue weighted by atomic mass is 10.1. The number of carbonyl (C=O) groups excluding carboxylic acids is 1. The van der Waals surface area contributed by atoms with Crippen LogP contribution in [-0.4, -0.2) is 34.5 Å². The molecule has 6 heteroatoms. The van der Waals surface area contributed by atoms with E-state index >= 15 is 0 Å². The van der Waals surface area contributed by atoms with Crippen molar-refractivity contribution in [3.05, 3.63) is 28.2 Å². The molecule has 1 saturated heterocycles. The second-order valence-corrected chi connectivity index (χ2v) is 5.49. The molecule has 1 unspecified atom stereocenters. The van der Waals surface area contributed by atoms with Crippen LogP contribution in [0.3, 0.4) is 0 Å². The molecule has 1 atom stereocenters. The van der Waals surface area contributed by atoms with Gasteiger partial charge in [-0.3, -0.25) is 9.59 Å². The van der Waals surface area contributed by atoms with Gasteiger partial charge in [-0.05, 0) is 47.0 Å². The number of halogens is 1. The molecule has 0 radical (unpaired) electrons. The largest absolute Gasteiger partial charge is 0.481 e. The van der Waals surface area contributed by atoms with E-state index in [2.05, 4.69) is 15.9 Å². The van der Waals surface area contributed by atoms with Gasteiger partial charge in [-0.1, -0.05) is 0 Å². The van der Waals surface area contributed by atoms with E-state index in [-0.39, 0.29) is 18.4 Å². The fraction of sp³-hybridized carbons (Fsp3) is 0.385. The number of amides is 1. The maximum atomic E-state index is 12.5. The van der Waals surface area contributed by atoms with Gasteiger partial charge >= 0.3 is 5.97 Å². The smallest absolute Gasteiger partial charge is 0.305 e. The number of likely N-dealkylation sites (tertiary alicyclic amines) is 1. The summed E-state index contributed by atoms with van der Waals surface area (Å²) < 4.78 is 0.674. The van der Waals surface area contributed by atoms with Crippen molar-refractivity contribution in [1.82, 2.24) is 4.90 Å². The lowest BCUT2D eigenvalue weighted by Crippen LogP contribution is -2.37. The number of benzene rings is 1. The molecule has 102 valence electrons. The van der Waals surface area contributed by atoms with Gasteiger partial charge in [0.2, 0.25) is 0 Å². The molecule has 0 aromatic heterocycles. The number of rotatable bonds is 3. The summed E-state index contributed by atoms with van der Waals surface area (Å²) in [7, 11) is 0. The molecule has 0 aliphatic carbocycles. The second kappa shape index (κ2) is 5.61. The van der Waals surface area contributed by atoms with Gasteiger partial charge in [0.05, 0.1) is 12.0 Å². The summed E-state index contributed by atoms with van der Waals surface area (Å²) in [5.74, 6) is -1.04. The number of anilines is 1. The van der Waals surface area contributed by atoms with E-state index in [4.69, 9.17) is 10.8 Å². The average Bonchev–Trinajstić information content (AvgIpc) is 2.78. The number of aliphatic carboxylic acids is 1. The zero-order valence-corrected chi connectivity index (χ0v) is 11.9. The van der Waals surface area contributed by atoms with Crippen molar-refractivity contribution in [3.8, 4) is 0 Å². The molecule has 2 rings (SSSR count). The molecule has 0 spiro atoms. The highest BCUT2D eigenvalue weighted by Crippen LogP contribution is 2.26. The maximum Gasteiger partial charge on any atom is 0.305 e. The van der Waals surface area contributed by atoms with E-state index in [1.165, 1.54) is 0 Å². The first-order valence-electron chi connectivity index (χ1n) is 6.07. The Balaban J connectivity index is 2.23. The molecule has 19 heavy (non-hydrogen) atoms. The third kappa shape index (κ3) is 3.07. The molecule has 1 aromatic rings. The fourth-order valence-corrected chi connectivity index (χ4v) is 2.79. The van der Waals surface area contributed by atoms with Crippen LogP contribution in [0.2, 0.25) is 0 Å². The summed E-state index contributed by atoms with van der Waals surface area (Å²) in [6, 6.07) is 4.82. The molecule has 0 bridgehead atoms. The first-order valence-corrected chi connectivity index (χ1v) is 6.86. The van der Waals surface area contributed by atoms with Crippen molar-refractivity contribution in [2.24, 2.45) is 0 Å². The Hall–Kier alpha value is -1.56. The van der Waals surface area contributed by atoms with Crippen LogP contribution in [0.25, 0.3) is 0 Å². The van der Waals surface area contributed by atoms with Crippen molar-refractivity contribution in [2.75, 3.05) is 12.3 Å². The number of hydrogen-bond donors (Lipinski definition) is 2. The Morgan fingerprint density at radius 2 is 2.21 bits per heavy atom. The van der Waals surface area contributed by atoms with Crippen molar-refractivity contribution < 1.29 is 14.7 Å². The van der Waals surface area contributed by atoms with Gasteiger partial charge in [0.1, 0.15) is 0 Å². The summed E-state index contributed by atoms with van der Waals surface area (Å²) in [5, 5.41) is 8.88. The summed E-state index contributed by atoms with van der Waals surface area (Å²) in [6.45, 7) is 0.595. The Morgan fingerprint density at radius 1 is 1.47 bits per heavy atom. The Kier molecular flexibility index (Phi) is 4.09. The second-order valence-electron chi connectivity index (χ2n) is 4.63. The highest BCUT2D eigenvalue weighted by molar-refractivity contribution is 9.10. The van der Waals surface area contributed by atoms with Gasteiger partial charge in [-0.25, -0.2) is 0 Å². The van der Waals surface area contributed by atoms with Crippen LogP contribution in [0, 0.1) is 0 Å². The lowest BCUT2D eigenvalue weighted by molar-refractivity contribution is -0.137. The van der Waals surface area contributed by atoms with Crippen molar-refractivity contribution >= 4 is 33.5 Å². The highest BCUT2D eigenvalue weighted by atomic mass is 79.9. The number of nitrogens with two attached hydrogens (primary N) is 1. The average molecular weight is 327 g/mol. The van der Waals surface area contributed by atoms with Gasteiger partial charge in [0, 0.05) is 22.7 Å². The van der Waals surface area contributed by atoms with Gasteiger partial charge in [0.25, 0.3) is 5.91 Å². The summed E-state index contributed by atoms with van der Waals surface area (Å²) in [5.41, 5.74) is 6.69. The maximum absolute atomic E-state index is 12.5. The monoisotopic (exact) mass is 326 g/mol. The van der Waals surface area contributed by atoms with E-state index in [0.29, 0.717) is 22.3 Å². The van der Waals surface area contributed by atoms with E-state index in [1.807, 2.05) is 0 Å². The van der Waals surface area contributed by atoms with Gasteiger partial charge in [-0.15, -0.1) is 0 Å². The zero-order chi connectivity index (χ0) is 14.0. The van der Waals surface area contributed by atoms with E-state index in [0.717, 1.165) is 12.8 Å².